The summed E-state index contributed by atoms with van der Waals surface area (Å²) in [4.78, 5) is 27.8. The van der Waals surface area contributed by atoms with E-state index in [4.69, 9.17) is 4.74 Å². The Morgan fingerprint density at radius 1 is 1.03 bits per heavy atom. The van der Waals surface area contributed by atoms with E-state index in [2.05, 4.69) is 58.8 Å². The second-order valence-corrected chi connectivity index (χ2v) is 8.33. The van der Waals surface area contributed by atoms with Crippen LogP contribution in [-0.2, 0) is 46.6 Å². The predicted octanol–water partition coefficient (Wildman–Crippen LogP) is 3.57. The van der Waals surface area contributed by atoms with Crippen LogP contribution < -0.4 is 5.32 Å². The molecule has 0 spiro atoms. The normalized spacial score (nSPS) is 15.3. The third-order valence-electron chi connectivity index (χ3n) is 6.63. The van der Waals surface area contributed by atoms with Gasteiger partial charge in [-0.1, -0.05) is 48.5 Å². The summed E-state index contributed by atoms with van der Waals surface area (Å²) in [5.41, 5.74) is 9.58. The Hall–Kier alpha value is -3.34. The molecule has 0 bridgehead atoms. The van der Waals surface area contributed by atoms with Crippen LogP contribution in [0.3, 0.4) is 0 Å². The fourth-order valence-corrected chi connectivity index (χ4v) is 5.13. The van der Waals surface area contributed by atoms with Crippen LogP contribution in [0.5, 0.6) is 0 Å². The van der Waals surface area contributed by atoms with E-state index in [1.807, 2.05) is 0 Å². The van der Waals surface area contributed by atoms with Gasteiger partial charge in [0.2, 0.25) is 5.91 Å². The molecule has 1 aliphatic carbocycles. The standard InChI is InChI=1S/C26H26N2O3/c1-31-24(30)13-12-20-21-14-23(29)27-15-22(21)28-26(20)25-18-8-4-2-6-16(18)10-11-17-7-3-5-9-19(17)25/h2-9,25,28H,10-15H2,1H3,(H,27,29). The third-order valence-corrected chi connectivity index (χ3v) is 6.63. The lowest BCUT2D eigenvalue weighted by atomic mass is 9.82. The molecule has 2 N–H and O–H groups in total. The Labute approximate surface area is 181 Å². The van der Waals surface area contributed by atoms with Crippen LogP contribution in [0.4, 0.5) is 0 Å². The highest BCUT2D eigenvalue weighted by Gasteiger charge is 2.32. The maximum Gasteiger partial charge on any atom is 0.305 e. The van der Waals surface area contributed by atoms with Gasteiger partial charge in [0.05, 0.1) is 20.1 Å². The zero-order valence-corrected chi connectivity index (χ0v) is 17.7. The quantitative estimate of drug-likeness (QED) is 0.641. The second kappa shape index (κ2) is 8.06. The molecule has 0 unspecified atom stereocenters. The summed E-state index contributed by atoms with van der Waals surface area (Å²) in [6, 6.07) is 17.3. The van der Waals surface area contributed by atoms with E-state index in [0.29, 0.717) is 25.8 Å². The fourth-order valence-electron chi connectivity index (χ4n) is 5.13. The van der Waals surface area contributed by atoms with Crippen molar-refractivity contribution in [2.24, 2.45) is 0 Å². The lowest BCUT2D eigenvalue weighted by molar-refractivity contribution is -0.140. The average molecular weight is 415 g/mol. The summed E-state index contributed by atoms with van der Waals surface area (Å²) in [6.45, 7) is 0.495. The molecule has 3 aromatic rings. The van der Waals surface area contributed by atoms with Crippen molar-refractivity contribution in [3.63, 3.8) is 0 Å². The van der Waals surface area contributed by atoms with Gasteiger partial charge in [0.1, 0.15) is 0 Å². The predicted molar refractivity (Wildman–Crippen MR) is 118 cm³/mol. The number of hydrogen-bond acceptors (Lipinski definition) is 3. The van der Waals surface area contributed by atoms with Gasteiger partial charge in [-0.2, -0.15) is 0 Å². The van der Waals surface area contributed by atoms with E-state index in [9.17, 15) is 9.59 Å². The highest BCUT2D eigenvalue weighted by molar-refractivity contribution is 5.81. The number of aromatic amines is 1. The first kappa shape index (κ1) is 19.6. The number of aryl methyl sites for hydroxylation is 2. The minimum absolute atomic E-state index is 0.0269. The largest absolute Gasteiger partial charge is 0.469 e. The third kappa shape index (κ3) is 3.54. The molecule has 5 nitrogen and oxygen atoms in total. The number of ether oxygens (including phenoxy) is 1. The molecular weight excluding hydrogens is 388 g/mol. The number of carbonyl (C=O) groups is 2. The van der Waals surface area contributed by atoms with E-state index in [1.165, 1.54) is 29.4 Å². The highest BCUT2D eigenvalue weighted by Crippen LogP contribution is 2.41. The molecule has 0 radical (unpaired) electrons. The number of H-pyrrole nitrogens is 1. The van der Waals surface area contributed by atoms with E-state index in [-0.39, 0.29) is 17.8 Å². The molecule has 1 amide bonds. The summed E-state index contributed by atoms with van der Waals surface area (Å²) in [5, 5.41) is 2.95. The molecular formula is C26H26N2O3. The molecule has 158 valence electrons. The second-order valence-electron chi connectivity index (χ2n) is 8.33. The SMILES string of the molecule is COC(=O)CCc1c(C2c3ccccc3CCc3ccccc32)[nH]c2c1CC(=O)NC2. The molecule has 2 heterocycles. The number of rotatable bonds is 4. The highest BCUT2D eigenvalue weighted by atomic mass is 16.5. The maximum absolute atomic E-state index is 12.2. The smallest absolute Gasteiger partial charge is 0.305 e. The van der Waals surface area contributed by atoms with Gasteiger partial charge in [0.15, 0.2) is 0 Å². The number of esters is 1. The van der Waals surface area contributed by atoms with E-state index >= 15 is 0 Å². The molecule has 0 fully saturated rings. The number of benzene rings is 2. The Bertz CT molecular complexity index is 1110. The van der Waals surface area contributed by atoms with Gasteiger partial charge in [-0.3, -0.25) is 9.59 Å². The lowest BCUT2D eigenvalue weighted by Gasteiger charge is -2.22. The van der Waals surface area contributed by atoms with E-state index in [0.717, 1.165) is 35.4 Å². The van der Waals surface area contributed by atoms with Crippen molar-refractivity contribution in [1.82, 2.24) is 10.3 Å². The Morgan fingerprint density at radius 2 is 1.68 bits per heavy atom. The van der Waals surface area contributed by atoms with Gasteiger partial charge in [-0.05, 0) is 52.6 Å². The van der Waals surface area contributed by atoms with Crippen LogP contribution in [-0.4, -0.2) is 24.0 Å². The van der Waals surface area contributed by atoms with Crippen LogP contribution in [0, 0.1) is 0 Å². The van der Waals surface area contributed by atoms with Crippen molar-refractivity contribution < 1.29 is 14.3 Å². The molecule has 0 saturated heterocycles. The van der Waals surface area contributed by atoms with Gasteiger partial charge in [0, 0.05) is 23.7 Å². The van der Waals surface area contributed by atoms with Crippen molar-refractivity contribution in [2.45, 2.75) is 44.6 Å². The Balaban J connectivity index is 1.71. The summed E-state index contributed by atoms with van der Waals surface area (Å²) in [6.07, 6.45) is 3.20. The number of fused-ring (bicyclic) bond motifs is 3. The average Bonchev–Trinajstić information content (AvgIpc) is 3.05. The maximum atomic E-state index is 12.2. The summed E-state index contributed by atoms with van der Waals surface area (Å²) in [5.74, 6) is -0.162. The van der Waals surface area contributed by atoms with Gasteiger partial charge in [-0.25, -0.2) is 0 Å². The zero-order chi connectivity index (χ0) is 21.4. The molecule has 2 aromatic carbocycles. The number of nitrogens with one attached hydrogen (secondary N) is 2. The Morgan fingerprint density at radius 3 is 2.32 bits per heavy atom. The summed E-state index contributed by atoms with van der Waals surface area (Å²) < 4.78 is 4.90. The number of aromatic nitrogens is 1. The number of amides is 1. The van der Waals surface area contributed by atoms with E-state index in [1.54, 1.807) is 0 Å². The van der Waals surface area contributed by atoms with Gasteiger partial charge in [-0.15, -0.1) is 0 Å². The minimum Gasteiger partial charge on any atom is -0.469 e. The number of methoxy groups -OCH3 is 1. The minimum atomic E-state index is -0.233. The summed E-state index contributed by atoms with van der Waals surface area (Å²) >= 11 is 0. The molecule has 0 atom stereocenters. The van der Waals surface area contributed by atoms with Crippen molar-refractivity contribution >= 4 is 11.9 Å². The molecule has 0 saturated carbocycles. The fraction of sp³-hybridized carbons (Fsp3) is 0.308. The zero-order valence-electron chi connectivity index (χ0n) is 17.7. The van der Waals surface area contributed by atoms with Crippen LogP contribution in [0.25, 0.3) is 0 Å². The molecule has 2 aliphatic rings. The monoisotopic (exact) mass is 414 g/mol. The Kier molecular flexibility index (Phi) is 5.10. The first-order valence-electron chi connectivity index (χ1n) is 10.9. The molecule has 1 aliphatic heterocycles. The molecule has 5 heteroatoms. The van der Waals surface area contributed by atoms with Crippen molar-refractivity contribution in [1.29, 1.82) is 0 Å². The lowest BCUT2D eigenvalue weighted by Crippen LogP contribution is -2.30. The van der Waals surface area contributed by atoms with Gasteiger partial charge >= 0.3 is 5.97 Å². The van der Waals surface area contributed by atoms with Crippen LogP contribution >= 0.6 is 0 Å². The first-order valence-corrected chi connectivity index (χ1v) is 10.9. The van der Waals surface area contributed by atoms with Crippen LogP contribution in [0.15, 0.2) is 48.5 Å². The number of hydrogen-bond donors (Lipinski definition) is 2. The molecule has 5 rings (SSSR count). The van der Waals surface area contributed by atoms with Crippen LogP contribution in [0.1, 0.15) is 57.1 Å². The molecule has 1 aromatic heterocycles. The van der Waals surface area contributed by atoms with Crippen molar-refractivity contribution in [3.05, 3.63) is 93.3 Å². The van der Waals surface area contributed by atoms with Gasteiger partial charge in [0.25, 0.3) is 0 Å². The van der Waals surface area contributed by atoms with E-state index < -0.39 is 0 Å². The number of carbonyl (C=O) groups excluding carboxylic acids is 2. The van der Waals surface area contributed by atoms with Gasteiger partial charge < -0.3 is 15.0 Å². The van der Waals surface area contributed by atoms with Crippen LogP contribution in [0.2, 0.25) is 0 Å². The summed E-state index contributed by atoms with van der Waals surface area (Å²) in [7, 11) is 1.42. The first-order chi connectivity index (χ1) is 15.2. The van der Waals surface area contributed by atoms with Crippen molar-refractivity contribution in [3.8, 4) is 0 Å². The van der Waals surface area contributed by atoms with Crippen molar-refractivity contribution in [2.75, 3.05) is 7.11 Å². The molecule has 31 heavy (non-hydrogen) atoms. The topological polar surface area (TPSA) is 71.2 Å².